The Hall–Kier alpha value is -1.66. The molecule has 0 aromatic carbocycles. The number of carbonyl (C=O) groups is 1. The van der Waals surface area contributed by atoms with Gasteiger partial charge in [0.1, 0.15) is 11.4 Å². The Morgan fingerprint density at radius 2 is 1.81 bits per heavy atom. The summed E-state index contributed by atoms with van der Waals surface area (Å²) < 4.78 is 5.20. The van der Waals surface area contributed by atoms with E-state index in [1.54, 1.807) is 12.3 Å². The van der Waals surface area contributed by atoms with E-state index in [-0.39, 0.29) is 17.0 Å². The first-order chi connectivity index (χ1) is 12.7. The van der Waals surface area contributed by atoms with Crippen LogP contribution in [0.1, 0.15) is 57.8 Å². The number of anilines is 1. The van der Waals surface area contributed by atoms with Gasteiger partial charge in [-0.3, -0.25) is 4.90 Å². The fourth-order valence-corrected chi connectivity index (χ4v) is 4.84. The lowest BCUT2D eigenvalue weighted by molar-refractivity contribution is 0.0523. The van der Waals surface area contributed by atoms with E-state index in [0.717, 1.165) is 44.8 Å². The summed E-state index contributed by atoms with van der Waals surface area (Å²) >= 11 is 0. The van der Waals surface area contributed by atoms with Crippen LogP contribution in [0.5, 0.6) is 0 Å². The fourth-order valence-electron chi connectivity index (χ4n) is 4.84. The molecule has 150 valence electrons. The van der Waals surface area contributed by atoms with Crippen molar-refractivity contribution in [3.05, 3.63) is 23.9 Å². The highest BCUT2D eigenvalue weighted by Gasteiger charge is 2.40. The Bertz CT molecular complexity index is 650. The molecule has 2 aliphatic heterocycles. The van der Waals surface area contributed by atoms with Crippen molar-refractivity contribution in [2.24, 2.45) is 0 Å². The highest BCUT2D eigenvalue weighted by Crippen LogP contribution is 2.32. The van der Waals surface area contributed by atoms with Crippen molar-refractivity contribution in [3.63, 3.8) is 0 Å². The molecule has 27 heavy (non-hydrogen) atoms. The normalized spacial score (nSPS) is 23.2. The molecule has 2 fully saturated rings. The van der Waals surface area contributed by atoms with Crippen molar-refractivity contribution >= 4 is 11.8 Å². The Balaban J connectivity index is 1.67. The van der Waals surface area contributed by atoms with Gasteiger partial charge in [-0.15, -0.1) is 0 Å². The van der Waals surface area contributed by atoms with E-state index in [1.807, 2.05) is 13.0 Å². The second-order valence-electron chi connectivity index (χ2n) is 9.07. The molecular formula is C21H34N4O2. The molecule has 0 spiro atoms. The summed E-state index contributed by atoms with van der Waals surface area (Å²) in [5, 5.41) is 3.77. The number of aromatic nitrogens is 1. The Morgan fingerprint density at radius 1 is 1.19 bits per heavy atom. The number of esters is 1. The summed E-state index contributed by atoms with van der Waals surface area (Å²) in [6, 6.07) is 4.20. The van der Waals surface area contributed by atoms with E-state index in [9.17, 15) is 4.79 Å². The monoisotopic (exact) mass is 374 g/mol. The predicted molar refractivity (Wildman–Crippen MR) is 108 cm³/mol. The third kappa shape index (κ3) is 4.79. The van der Waals surface area contributed by atoms with Crippen LogP contribution in [0.2, 0.25) is 0 Å². The van der Waals surface area contributed by atoms with Gasteiger partial charge in [0.25, 0.3) is 0 Å². The van der Waals surface area contributed by atoms with Crippen molar-refractivity contribution in [1.29, 1.82) is 0 Å². The van der Waals surface area contributed by atoms with Gasteiger partial charge in [-0.05, 0) is 59.6 Å². The molecule has 0 aliphatic carbocycles. The number of rotatable bonds is 4. The van der Waals surface area contributed by atoms with E-state index in [2.05, 4.69) is 47.8 Å². The number of pyridine rings is 1. The molecule has 6 nitrogen and oxygen atoms in total. The maximum Gasteiger partial charge on any atom is 0.341 e. The van der Waals surface area contributed by atoms with E-state index in [1.165, 1.54) is 0 Å². The smallest absolute Gasteiger partial charge is 0.341 e. The van der Waals surface area contributed by atoms with Crippen LogP contribution in [-0.2, 0) is 4.74 Å². The maximum absolute atomic E-state index is 12.3. The molecule has 3 rings (SSSR count). The number of carbonyl (C=O) groups excluding carboxylic acids is 1. The summed E-state index contributed by atoms with van der Waals surface area (Å²) in [7, 11) is 0. The van der Waals surface area contributed by atoms with Crippen LogP contribution in [0.4, 0.5) is 5.82 Å². The standard InChI is InChI=1S/C21H34N4O2/c1-6-27-19(26)17-8-7-9-22-18(17)25-12-10-24(11-13-25)16-14-20(2,3)23-21(4,5)15-16/h7-9,16,23H,6,10-15H2,1-5H3. The molecule has 0 radical (unpaired) electrons. The van der Waals surface area contributed by atoms with Gasteiger partial charge in [0.2, 0.25) is 0 Å². The highest BCUT2D eigenvalue weighted by molar-refractivity contribution is 5.94. The van der Waals surface area contributed by atoms with Crippen LogP contribution in [0.3, 0.4) is 0 Å². The molecule has 0 amide bonds. The van der Waals surface area contributed by atoms with E-state index in [4.69, 9.17) is 4.74 Å². The van der Waals surface area contributed by atoms with Crippen LogP contribution >= 0.6 is 0 Å². The van der Waals surface area contributed by atoms with E-state index in [0.29, 0.717) is 18.2 Å². The second-order valence-corrected chi connectivity index (χ2v) is 9.07. The lowest BCUT2D eigenvalue weighted by Gasteiger charge is -2.51. The average Bonchev–Trinajstić information content (AvgIpc) is 2.59. The molecule has 0 saturated carbocycles. The first kappa shape index (κ1) is 20.1. The average molecular weight is 375 g/mol. The van der Waals surface area contributed by atoms with Gasteiger partial charge in [-0.25, -0.2) is 9.78 Å². The second kappa shape index (κ2) is 7.76. The van der Waals surface area contributed by atoms with E-state index >= 15 is 0 Å². The third-order valence-electron chi connectivity index (χ3n) is 5.58. The van der Waals surface area contributed by atoms with Gasteiger partial charge in [0.15, 0.2) is 0 Å². The van der Waals surface area contributed by atoms with Gasteiger partial charge < -0.3 is 15.0 Å². The van der Waals surface area contributed by atoms with Gasteiger partial charge in [-0.2, -0.15) is 0 Å². The number of hydrogen-bond donors (Lipinski definition) is 1. The van der Waals surface area contributed by atoms with Crippen LogP contribution in [0.25, 0.3) is 0 Å². The molecule has 1 aromatic rings. The maximum atomic E-state index is 12.3. The number of ether oxygens (including phenoxy) is 1. The zero-order valence-corrected chi connectivity index (χ0v) is 17.4. The minimum atomic E-state index is -0.287. The van der Waals surface area contributed by atoms with Crippen molar-refractivity contribution in [2.45, 2.75) is 64.6 Å². The number of nitrogens with zero attached hydrogens (tertiary/aromatic N) is 3. The largest absolute Gasteiger partial charge is 0.462 e. The third-order valence-corrected chi connectivity index (χ3v) is 5.58. The molecule has 0 bridgehead atoms. The highest BCUT2D eigenvalue weighted by atomic mass is 16.5. The Labute approximate surface area is 163 Å². The zero-order valence-electron chi connectivity index (χ0n) is 17.4. The lowest BCUT2D eigenvalue weighted by atomic mass is 9.79. The van der Waals surface area contributed by atoms with Gasteiger partial charge >= 0.3 is 5.97 Å². The predicted octanol–water partition coefficient (Wildman–Crippen LogP) is 2.69. The quantitative estimate of drug-likeness (QED) is 0.818. The van der Waals surface area contributed by atoms with Crippen molar-refractivity contribution < 1.29 is 9.53 Å². The Morgan fingerprint density at radius 3 is 2.41 bits per heavy atom. The van der Waals surface area contributed by atoms with Gasteiger partial charge in [-0.1, -0.05) is 0 Å². The molecule has 2 saturated heterocycles. The summed E-state index contributed by atoms with van der Waals surface area (Å²) in [6.07, 6.45) is 4.07. The molecule has 1 aromatic heterocycles. The van der Waals surface area contributed by atoms with Crippen LogP contribution in [0, 0.1) is 0 Å². The lowest BCUT2D eigenvalue weighted by Crippen LogP contribution is -2.64. The molecular weight excluding hydrogens is 340 g/mol. The molecule has 6 heteroatoms. The van der Waals surface area contributed by atoms with Crippen molar-refractivity contribution in [3.8, 4) is 0 Å². The number of hydrogen-bond acceptors (Lipinski definition) is 6. The van der Waals surface area contributed by atoms with Crippen LogP contribution < -0.4 is 10.2 Å². The summed E-state index contributed by atoms with van der Waals surface area (Å²) in [5.41, 5.74) is 0.875. The van der Waals surface area contributed by atoms with Crippen LogP contribution in [0.15, 0.2) is 18.3 Å². The molecule has 0 atom stereocenters. The van der Waals surface area contributed by atoms with Gasteiger partial charge in [0.05, 0.1) is 6.61 Å². The number of piperazine rings is 1. The number of nitrogens with one attached hydrogen (secondary N) is 1. The molecule has 1 N–H and O–H groups in total. The van der Waals surface area contributed by atoms with Crippen LogP contribution in [-0.4, -0.2) is 65.8 Å². The van der Waals surface area contributed by atoms with Crippen molar-refractivity contribution in [1.82, 2.24) is 15.2 Å². The van der Waals surface area contributed by atoms with Gasteiger partial charge in [0, 0.05) is 49.5 Å². The zero-order chi connectivity index (χ0) is 19.7. The molecule has 2 aliphatic rings. The summed E-state index contributed by atoms with van der Waals surface area (Å²) in [6.45, 7) is 15.2. The van der Waals surface area contributed by atoms with E-state index < -0.39 is 0 Å². The molecule has 3 heterocycles. The van der Waals surface area contributed by atoms with Crippen molar-refractivity contribution in [2.75, 3.05) is 37.7 Å². The minimum Gasteiger partial charge on any atom is -0.462 e. The number of piperidine rings is 1. The first-order valence-corrected chi connectivity index (χ1v) is 10.1. The Kier molecular flexibility index (Phi) is 5.77. The fraction of sp³-hybridized carbons (Fsp3) is 0.714. The summed E-state index contributed by atoms with van der Waals surface area (Å²) in [4.78, 5) is 21.6. The SMILES string of the molecule is CCOC(=O)c1cccnc1N1CCN(C2CC(C)(C)NC(C)(C)C2)CC1. The molecule has 0 unspecified atom stereocenters. The first-order valence-electron chi connectivity index (χ1n) is 10.1. The topological polar surface area (TPSA) is 57.7 Å². The minimum absolute atomic E-state index is 0.154. The summed E-state index contributed by atoms with van der Waals surface area (Å²) in [5.74, 6) is 0.464.